The van der Waals surface area contributed by atoms with Crippen molar-refractivity contribution in [1.29, 1.82) is 0 Å². The maximum absolute atomic E-state index is 12.5. The van der Waals surface area contributed by atoms with Gasteiger partial charge in [-0.15, -0.1) is 0 Å². The van der Waals surface area contributed by atoms with Crippen LogP contribution in [0.4, 0.5) is 0 Å². The number of benzene rings is 1. The van der Waals surface area contributed by atoms with Crippen LogP contribution in [0.2, 0.25) is 0 Å². The second-order valence-electron chi connectivity index (χ2n) is 6.75. The van der Waals surface area contributed by atoms with E-state index in [0.29, 0.717) is 32.4 Å². The molecule has 0 radical (unpaired) electrons. The molecule has 0 spiro atoms. The molecule has 0 aromatic heterocycles. The minimum Gasteiger partial charge on any atom is -0.394 e. The Labute approximate surface area is 148 Å². The van der Waals surface area contributed by atoms with Crippen molar-refractivity contribution in [3.8, 4) is 0 Å². The highest BCUT2D eigenvalue weighted by atomic mass is 16.3. The Morgan fingerprint density at radius 3 is 2.56 bits per heavy atom. The molecule has 138 valence electrons. The van der Waals surface area contributed by atoms with E-state index in [0.717, 1.165) is 12.0 Å². The summed E-state index contributed by atoms with van der Waals surface area (Å²) in [4.78, 5) is 26.4. The first kappa shape index (κ1) is 19.4. The van der Waals surface area contributed by atoms with Crippen LogP contribution in [-0.4, -0.2) is 58.8 Å². The van der Waals surface area contributed by atoms with E-state index >= 15 is 0 Å². The van der Waals surface area contributed by atoms with Gasteiger partial charge in [0.2, 0.25) is 11.8 Å². The predicted octanol–water partition coefficient (Wildman–Crippen LogP) is 0.717. The molecule has 6 nitrogen and oxygen atoms in total. The molecular formula is C19H28N2O4. The summed E-state index contributed by atoms with van der Waals surface area (Å²) in [6.07, 6.45) is 2.05. The number of hydrogen-bond donors (Lipinski definition) is 3. The van der Waals surface area contributed by atoms with Gasteiger partial charge in [-0.3, -0.25) is 9.59 Å². The van der Waals surface area contributed by atoms with Gasteiger partial charge in [0.15, 0.2) is 0 Å². The summed E-state index contributed by atoms with van der Waals surface area (Å²) in [7, 11) is 0. The van der Waals surface area contributed by atoms with E-state index in [1.165, 1.54) is 0 Å². The highest BCUT2D eigenvalue weighted by molar-refractivity contribution is 5.84. The van der Waals surface area contributed by atoms with E-state index in [-0.39, 0.29) is 30.9 Å². The third-order valence-corrected chi connectivity index (χ3v) is 5.05. The molecule has 0 unspecified atom stereocenters. The number of nitrogens with zero attached hydrogens (tertiary/aromatic N) is 1. The van der Waals surface area contributed by atoms with Gasteiger partial charge in [0.25, 0.3) is 0 Å². The molecule has 1 fully saturated rings. The van der Waals surface area contributed by atoms with Crippen LogP contribution in [0.5, 0.6) is 0 Å². The van der Waals surface area contributed by atoms with Crippen molar-refractivity contribution < 1.29 is 19.8 Å². The zero-order valence-corrected chi connectivity index (χ0v) is 14.8. The quantitative estimate of drug-likeness (QED) is 0.646. The van der Waals surface area contributed by atoms with Crippen molar-refractivity contribution in [1.82, 2.24) is 10.2 Å². The molecule has 25 heavy (non-hydrogen) atoms. The van der Waals surface area contributed by atoms with Crippen LogP contribution in [0.3, 0.4) is 0 Å². The van der Waals surface area contributed by atoms with Crippen molar-refractivity contribution in [2.24, 2.45) is 5.92 Å². The standard InChI is InChI=1S/C19H28N2O4/c1-2-19(13-22,14-23)20-18(25)16-8-9-17(24)21(12-16)11-10-15-6-4-3-5-7-15/h3-7,16,22-23H,2,8-14H2,1H3,(H,20,25)/t16-/m0/s1. The zero-order valence-electron chi connectivity index (χ0n) is 14.8. The van der Waals surface area contributed by atoms with Crippen molar-refractivity contribution in [2.75, 3.05) is 26.3 Å². The Hall–Kier alpha value is -1.92. The number of rotatable bonds is 8. The second-order valence-corrected chi connectivity index (χ2v) is 6.75. The molecule has 1 aromatic carbocycles. The fourth-order valence-corrected chi connectivity index (χ4v) is 3.06. The third kappa shape index (κ3) is 5.03. The molecule has 2 rings (SSSR count). The van der Waals surface area contributed by atoms with E-state index in [2.05, 4.69) is 5.32 Å². The Balaban J connectivity index is 1.94. The predicted molar refractivity (Wildman–Crippen MR) is 94.8 cm³/mol. The largest absolute Gasteiger partial charge is 0.394 e. The monoisotopic (exact) mass is 348 g/mol. The third-order valence-electron chi connectivity index (χ3n) is 5.05. The van der Waals surface area contributed by atoms with Gasteiger partial charge >= 0.3 is 0 Å². The molecule has 1 aliphatic heterocycles. The number of hydrogen-bond acceptors (Lipinski definition) is 4. The molecule has 6 heteroatoms. The number of piperidine rings is 1. The lowest BCUT2D eigenvalue weighted by atomic mass is 9.92. The highest BCUT2D eigenvalue weighted by Crippen LogP contribution is 2.20. The van der Waals surface area contributed by atoms with E-state index in [9.17, 15) is 19.8 Å². The average Bonchev–Trinajstić information content (AvgIpc) is 2.66. The topological polar surface area (TPSA) is 89.9 Å². The van der Waals surface area contributed by atoms with E-state index in [4.69, 9.17) is 0 Å². The van der Waals surface area contributed by atoms with Gasteiger partial charge in [0, 0.05) is 19.5 Å². The number of aliphatic hydroxyl groups is 2. The summed E-state index contributed by atoms with van der Waals surface area (Å²) >= 11 is 0. The second kappa shape index (κ2) is 8.97. The van der Waals surface area contributed by atoms with Gasteiger partial charge in [-0.05, 0) is 24.8 Å². The number of nitrogens with one attached hydrogen (secondary N) is 1. The summed E-state index contributed by atoms with van der Waals surface area (Å²) in [5.41, 5.74) is 0.167. The Morgan fingerprint density at radius 2 is 1.96 bits per heavy atom. The van der Waals surface area contributed by atoms with Gasteiger partial charge in [-0.1, -0.05) is 37.3 Å². The lowest BCUT2D eigenvalue weighted by molar-refractivity contribution is -0.139. The molecule has 1 heterocycles. The first-order valence-electron chi connectivity index (χ1n) is 8.89. The van der Waals surface area contributed by atoms with E-state index in [1.54, 1.807) is 4.90 Å². The molecule has 1 atom stereocenters. The first-order chi connectivity index (χ1) is 12.0. The molecule has 0 aliphatic carbocycles. The lowest BCUT2D eigenvalue weighted by Crippen LogP contribution is -2.57. The van der Waals surface area contributed by atoms with Crippen LogP contribution in [0.15, 0.2) is 30.3 Å². The number of likely N-dealkylation sites (tertiary alicyclic amines) is 1. The number of aliphatic hydroxyl groups excluding tert-OH is 2. The smallest absolute Gasteiger partial charge is 0.225 e. The van der Waals surface area contributed by atoms with Gasteiger partial charge in [0.1, 0.15) is 0 Å². The summed E-state index contributed by atoms with van der Waals surface area (Å²) in [6, 6.07) is 9.95. The van der Waals surface area contributed by atoms with Crippen LogP contribution >= 0.6 is 0 Å². The van der Waals surface area contributed by atoms with Crippen LogP contribution in [0, 0.1) is 5.92 Å². The van der Waals surface area contributed by atoms with Crippen LogP contribution in [0.1, 0.15) is 31.7 Å². The molecular weight excluding hydrogens is 320 g/mol. The summed E-state index contributed by atoms with van der Waals surface area (Å²) in [5.74, 6) is -0.439. The van der Waals surface area contributed by atoms with Crippen molar-refractivity contribution in [3.63, 3.8) is 0 Å². The molecule has 2 amide bonds. The van der Waals surface area contributed by atoms with Gasteiger partial charge in [-0.25, -0.2) is 0 Å². The maximum atomic E-state index is 12.5. The Kier molecular flexibility index (Phi) is 6.96. The average molecular weight is 348 g/mol. The van der Waals surface area contributed by atoms with Crippen LogP contribution in [-0.2, 0) is 16.0 Å². The van der Waals surface area contributed by atoms with Crippen molar-refractivity contribution in [3.05, 3.63) is 35.9 Å². The Bertz CT molecular complexity index is 564. The fraction of sp³-hybridized carbons (Fsp3) is 0.579. The van der Waals surface area contributed by atoms with E-state index < -0.39 is 5.54 Å². The maximum Gasteiger partial charge on any atom is 0.225 e. The number of carbonyl (C=O) groups excluding carboxylic acids is 2. The first-order valence-corrected chi connectivity index (χ1v) is 8.89. The highest BCUT2D eigenvalue weighted by Gasteiger charge is 2.35. The number of amides is 2. The normalized spacial score (nSPS) is 18.3. The lowest BCUT2D eigenvalue weighted by Gasteiger charge is -2.35. The molecule has 0 bridgehead atoms. The summed E-state index contributed by atoms with van der Waals surface area (Å²) < 4.78 is 0. The van der Waals surface area contributed by atoms with Crippen molar-refractivity contribution in [2.45, 2.75) is 38.1 Å². The minimum atomic E-state index is -0.993. The van der Waals surface area contributed by atoms with E-state index in [1.807, 2.05) is 37.3 Å². The zero-order chi connectivity index (χ0) is 18.3. The minimum absolute atomic E-state index is 0.0750. The van der Waals surface area contributed by atoms with Gasteiger partial charge in [-0.2, -0.15) is 0 Å². The van der Waals surface area contributed by atoms with Crippen LogP contribution in [0.25, 0.3) is 0 Å². The molecule has 0 saturated carbocycles. The molecule has 1 aliphatic rings. The molecule has 1 aromatic rings. The number of carbonyl (C=O) groups is 2. The van der Waals surface area contributed by atoms with Gasteiger partial charge < -0.3 is 20.4 Å². The van der Waals surface area contributed by atoms with Crippen molar-refractivity contribution >= 4 is 11.8 Å². The van der Waals surface area contributed by atoms with Gasteiger partial charge in [0.05, 0.1) is 24.7 Å². The SMILES string of the molecule is CCC(CO)(CO)NC(=O)[C@H]1CCC(=O)N(CCc2ccccc2)C1. The van der Waals surface area contributed by atoms with Crippen LogP contribution < -0.4 is 5.32 Å². The molecule has 3 N–H and O–H groups in total. The summed E-state index contributed by atoms with van der Waals surface area (Å²) in [6.45, 7) is 2.16. The molecule has 1 saturated heterocycles. The Morgan fingerprint density at radius 1 is 1.28 bits per heavy atom. The summed E-state index contributed by atoms with van der Waals surface area (Å²) in [5, 5.41) is 21.8. The fourth-order valence-electron chi connectivity index (χ4n) is 3.06.